The molecule has 1 aromatic carbocycles. The van der Waals surface area contributed by atoms with Gasteiger partial charge in [-0.05, 0) is 25.8 Å². The van der Waals surface area contributed by atoms with Gasteiger partial charge in [0, 0.05) is 31.4 Å². The van der Waals surface area contributed by atoms with Gasteiger partial charge in [0.25, 0.3) is 0 Å². The zero-order valence-electron chi connectivity index (χ0n) is 11.1. The smallest absolute Gasteiger partial charge is 0.0206 e. The van der Waals surface area contributed by atoms with Crippen LogP contribution in [0, 0.1) is 0 Å². The molecule has 1 rings (SSSR count). The lowest BCUT2D eigenvalue weighted by atomic mass is 10.2. The fraction of sp³-hybridized carbons (Fsp3) is 0.571. The highest BCUT2D eigenvalue weighted by molar-refractivity contribution is 7.98. The predicted molar refractivity (Wildman–Crippen MR) is 78.6 cm³/mol. The Morgan fingerprint density at radius 3 is 2.65 bits per heavy atom. The Morgan fingerprint density at radius 1 is 1.29 bits per heavy atom. The monoisotopic (exact) mass is 252 g/mol. The second-order valence-electron chi connectivity index (χ2n) is 4.45. The van der Waals surface area contributed by atoms with Crippen molar-refractivity contribution < 1.29 is 0 Å². The molecule has 96 valence electrons. The first-order valence-electron chi connectivity index (χ1n) is 6.18. The standard InChI is InChI=1S/C14H24N2S/c1-13(12-17-3)16(2)10-9-15-11-14-7-5-4-6-8-14/h4-8,13,15H,9-12H2,1-3H3. The summed E-state index contributed by atoms with van der Waals surface area (Å²) < 4.78 is 0. The maximum Gasteiger partial charge on any atom is 0.0206 e. The molecule has 0 heterocycles. The molecular weight excluding hydrogens is 228 g/mol. The van der Waals surface area contributed by atoms with Crippen LogP contribution in [0.25, 0.3) is 0 Å². The van der Waals surface area contributed by atoms with Gasteiger partial charge in [-0.1, -0.05) is 30.3 Å². The third-order valence-corrected chi connectivity index (χ3v) is 3.79. The molecule has 1 N–H and O–H groups in total. The van der Waals surface area contributed by atoms with Crippen LogP contribution in [-0.2, 0) is 6.54 Å². The van der Waals surface area contributed by atoms with Gasteiger partial charge in [0.1, 0.15) is 0 Å². The molecule has 0 saturated heterocycles. The van der Waals surface area contributed by atoms with Crippen LogP contribution in [0.1, 0.15) is 12.5 Å². The summed E-state index contributed by atoms with van der Waals surface area (Å²) in [5, 5.41) is 3.48. The molecule has 0 saturated carbocycles. The summed E-state index contributed by atoms with van der Waals surface area (Å²) in [5.74, 6) is 1.20. The first-order valence-corrected chi connectivity index (χ1v) is 7.57. The van der Waals surface area contributed by atoms with Crippen molar-refractivity contribution in [2.45, 2.75) is 19.5 Å². The highest BCUT2D eigenvalue weighted by Gasteiger charge is 2.06. The van der Waals surface area contributed by atoms with Crippen LogP contribution >= 0.6 is 11.8 Å². The van der Waals surface area contributed by atoms with E-state index in [0.29, 0.717) is 6.04 Å². The summed E-state index contributed by atoms with van der Waals surface area (Å²) in [6, 6.07) is 11.2. The Morgan fingerprint density at radius 2 is 2.00 bits per heavy atom. The van der Waals surface area contributed by atoms with Crippen LogP contribution in [-0.4, -0.2) is 43.1 Å². The average molecular weight is 252 g/mol. The van der Waals surface area contributed by atoms with E-state index in [1.165, 1.54) is 11.3 Å². The van der Waals surface area contributed by atoms with Gasteiger partial charge in [0.15, 0.2) is 0 Å². The fourth-order valence-corrected chi connectivity index (χ4v) is 2.41. The molecule has 0 bridgehead atoms. The number of nitrogens with one attached hydrogen (secondary N) is 1. The number of rotatable bonds is 8. The van der Waals surface area contributed by atoms with Gasteiger partial charge in [0.2, 0.25) is 0 Å². The summed E-state index contributed by atoms with van der Waals surface area (Å²) in [4.78, 5) is 2.41. The van der Waals surface area contributed by atoms with Crippen molar-refractivity contribution in [2.75, 3.05) is 32.1 Å². The Hall–Kier alpha value is -0.510. The number of nitrogens with zero attached hydrogens (tertiary/aromatic N) is 1. The minimum atomic E-state index is 0.656. The Balaban J connectivity index is 2.12. The lowest BCUT2D eigenvalue weighted by Crippen LogP contribution is -2.36. The molecule has 0 aliphatic carbocycles. The minimum Gasteiger partial charge on any atom is -0.311 e. The summed E-state index contributed by atoms with van der Waals surface area (Å²) in [6.07, 6.45) is 2.16. The highest BCUT2D eigenvalue weighted by atomic mass is 32.2. The normalized spacial score (nSPS) is 12.9. The van der Waals surface area contributed by atoms with Crippen molar-refractivity contribution in [3.05, 3.63) is 35.9 Å². The van der Waals surface area contributed by atoms with Crippen molar-refractivity contribution in [3.8, 4) is 0 Å². The van der Waals surface area contributed by atoms with Crippen molar-refractivity contribution in [1.29, 1.82) is 0 Å². The third kappa shape index (κ3) is 6.10. The van der Waals surface area contributed by atoms with Gasteiger partial charge in [-0.3, -0.25) is 0 Å². The number of thioether (sulfide) groups is 1. The Kier molecular flexibility index (Phi) is 7.33. The molecule has 0 aromatic heterocycles. The molecule has 0 aliphatic heterocycles. The molecule has 17 heavy (non-hydrogen) atoms. The van der Waals surface area contributed by atoms with E-state index in [0.717, 1.165) is 19.6 Å². The van der Waals surface area contributed by atoms with Gasteiger partial charge >= 0.3 is 0 Å². The molecule has 1 aromatic rings. The SMILES string of the molecule is CSCC(C)N(C)CCNCc1ccccc1. The summed E-state index contributed by atoms with van der Waals surface area (Å²) in [6.45, 7) is 5.40. The molecule has 2 nitrogen and oxygen atoms in total. The largest absolute Gasteiger partial charge is 0.311 e. The second-order valence-corrected chi connectivity index (χ2v) is 5.36. The number of hydrogen-bond acceptors (Lipinski definition) is 3. The van der Waals surface area contributed by atoms with Crippen LogP contribution in [0.3, 0.4) is 0 Å². The average Bonchev–Trinajstić information content (AvgIpc) is 2.36. The zero-order chi connectivity index (χ0) is 12.5. The van der Waals surface area contributed by atoms with Crippen LogP contribution in [0.2, 0.25) is 0 Å². The van der Waals surface area contributed by atoms with E-state index in [1.807, 2.05) is 11.8 Å². The van der Waals surface area contributed by atoms with Crippen molar-refractivity contribution in [1.82, 2.24) is 10.2 Å². The molecule has 0 radical (unpaired) electrons. The van der Waals surface area contributed by atoms with Crippen LogP contribution in [0.5, 0.6) is 0 Å². The Labute approximate surface area is 110 Å². The number of likely N-dealkylation sites (N-methyl/N-ethyl adjacent to an activating group) is 1. The van der Waals surface area contributed by atoms with Gasteiger partial charge in [-0.15, -0.1) is 0 Å². The lowest BCUT2D eigenvalue weighted by Gasteiger charge is -2.24. The van der Waals surface area contributed by atoms with Crippen LogP contribution in [0.4, 0.5) is 0 Å². The maximum atomic E-state index is 3.48. The van der Waals surface area contributed by atoms with Gasteiger partial charge in [-0.2, -0.15) is 11.8 Å². The van der Waals surface area contributed by atoms with E-state index in [-0.39, 0.29) is 0 Å². The van der Waals surface area contributed by atoms with Gasteiger partial charge < -0.3 is 10.2 Å². The zero-order valence-corrected chi connectivity index (χ0v) is 12.0. The van der Waals surface area contributed by atoms with E-state index in [4.69, 9.17) is 0 Å². The molecule has 0 fully saturated rings. The van der Waals surface area contributed by atoms with Crippen LogP contribution in [0.15, 0.2) is 30.3 Å². The molecular formula is C14H24N2S. The van der Waals surface area contributed by atoms with Gasteiger partial charge in [0.05, 0.1) is 0 Å². The van der Waals surface area contributed by atoms with E-state index < -0.39 is 0 Å². The Bertz CT molecular complexity index is 290. The lowest BCUT2D eigenvalue weighted by molar-refractivity contribution is 0.277. The van der Waals surface area contributed by atoms with E-state index in [1.54, 1.807) is 0 Å². The summed E-state index contributed by atoms with van der Waals surface area (Å²) in [7, 11) is 2.20. The molecule has 3 heteroatoms. The second kappa shape index (κ2) is 8.56. The maximum absolute atomic E-state index is 3.48. The van der Waals surface area contributed by atoms with Crippen molar-refractivity contribution in [2.24, 2.45) is 0 Å². The number of benzene rings is 1. The molecule has 1 unspecified atom stereocenters. The molecule has 0 amide bonds. The summed E-state index contributed by atoms with van der Waals surface area (Å²) >= 11 is 1.91. The first kappa shape index (κ1) is 14.6. The van der Waals surface area contributed by atoms with E-state index >= 15 is 0 Å². The predicted octanol–water partition coefficient (Wildman–Crippen LogP) is 2.46. The molecule has 0 aliphatic rings. The number of hydrogen-bond donors (Lipinski definition) is 1. The topological polar surface area (TPSA) is 15.3 Å². The van der Waals surface area contributed by atoms with E-state index in [2.05, 4.69) is 60.8 Å². The van der Waals surface area contributed by atoms with Crippen molar-refractivity contribution in [3.63, 3.8) is 0 Å². The molecule has 0 spiro atoms. The quantitative estimate of drug-likeness (QED) is 0.716. The van der Waals surface area contributed by atoms with E-state index in [9.17, 15) is 0 Å². The van der Waals surface area contributed by atoms with Crippen molar-refractivity contribution >= 4 is 11.8 Å². The highest BCUT2D eigenvalue weighted by Crippen LogP contribution is 2.02. The third-order valence-electron chi connectivity index (χ3n) is 2.97. The fourth-order valence-electron chi connectivity index (χ4n) is 1.67. The molecule has 1 atom stereocenters. The summed E-state index contributed by atoms with van der Waals surface area (Å²) in [5.41, 5.74) is 1.35. The minimum absolute atomic E-state index is 0.656. The van der Waals surface area contributed by atoms with Gasteiger partial charge in [-0.25, -0.2) is 0 Å². The first-order chi connectivity index (χ1) is 8.24. The van der Waals surface area contributed by atoms with Crippen LogP contribution < -0.4 is 5.32 Å².